The number of aromatic nitrogens is 1. The first-order valence-corrected chi connectivity index (χ1v) is 3.90. The molecule has 0 unspecified atom stereocenters. The molecule has 0 radical (unpaired) electrons. The summed E-state index contributed by atoms with van der Waals surface area (Å²) < 4.78 is 27.6. The van der Waals surface area contributed by atoms with Gasteiger partial charge in [-0.3, -0.25) is 4.79 Å². The molecule has 0 saturated heterocycles. The molecule has 1 heterocycles. The monoisotopic (exact) mass is 232 g/mol. The third-order valence-corrected chi connectivity index (χ3v) is 1.51. The summed E-state index contributed by atoms with van der Waals surface area (Å²) in [5, 5.41) is 8.63. The van der Waals surface area contributed by atoms with Crippen LogP contribution in [0.4, 0.5) is 8.78 Å². The van der Waals surface area contributed by atoms with Gasteiger partial charge in [0.15, 0.2) is 0 Å². The highest BCUT2D eigenvalue weighted by Gasteiger charge is 2.14. The first kappa shape index (κ1) is 11.8. The number of rotatable bonds is 4. The molecule has 0 bridgehead atoms. The van der Waals surface area contributed by atoms with Crippen molar-refractivity contribution >= 4 is 11.9 Å². The average molecular weight is 232 g/mol. The molecule has 0 atom stereocenters. The Hall–Kier alpha value is -2.25. The summed E-state index contributed by atoms with van der Waals surface area (Å²) in [7, 11) is 0. The summed E-state index contributed by atoms with van der Waals surface area (Å²) >= 11 is 0. The van der Waals surface area contributed by atoms with Crippen LogP contribution in [0.2, 0.25) is 0 Å². The third-order valence-electron chi connectivity index (χ3n) is 1.51. The van der Waals surface area contributed by atoms with Crippen LogP contribution in [-0.2, 0) is 0 Å². The largest absolute Gasteiger partial charge is 0.478 e. The zero-order chi connectivity index (χ0) is 12.3. The van der Waals surface area contributed by atoms with Gasteiger partial charge in [-0.2, -0.15) is 8.78 Å². The lowest BCUT2D eigenvalue weighted by Gasteiger charge is -2.05. The summed E-state index contributed by atoms with van der Waals surface area (Å²) in [5.41, 5.74) is 3.97. The number of alkyl halides is 2. The van der Waals surface area contributed by atoms with E-state index in [2.05, 4.69) is 9.72 Å². The molecule has 1 rings (SSSR count). The van der Waals surface area contributed by atoms with Crippen molar-refractivity contribution in [1.82, 2.24) is 4.98 Å². The molecule has 0 aliphatic heterocycles. The Balaban J connectivity index is 3.18. The normalized spacial score (nSPS) is 10.2. The number of nitrogens with two attached hydrogens (primary N) is 1. The predicted molar refractivity (Wildman–Crippen MR) is 46.3 cm³/mol. The smallest absolute Gasteiger partial charge is 0.388 e. The number of nitrogens with zero attached hydrogens (tertiary/aromatic N) is 1. The number of carboxylic acid groups (broad SMARTS) is 1. The maximum atomic E-state index is 11.9. The highest BCUT2D eigenvalue weighted by molar-refractivity contribution is 5.95. The summed E-state index contributed by atoms with van der Waals surface area (Å²) in [6.45, 7) is -3.17. The topological polar surface area (TPSA) is 103 Å². The Kier molecular flexibility index (Phi) is 3.33. The van der Waals surface area contributed by atoms with Gasteiger partial charge in [0, 0.05) is 6.07 Å². The van der Waals surface area contributed by atoms with Crippen LogP contribution in [0, 0.1) is 0 Å². The number of halogens is 2. The van der Waals surface area contributed by atoms with E-state index in [1.807, 2.05) is 0 Å². The fourth-order valence-electron chi connectivity index (χ4n) is 0.907. The maximum absolute atomic E-state index is 11.9. The molecular formula is C8H6F2N2O4. The van der Waals surface area contributed by atoms with Crippen LogP contribution in [0.5, 0.6) is 5.88 Å². The lowest BCUT2D eigenvalue weighted by molar-refractivity contribution is -0.0530. The van der Waals surface area contributed by atoms with E-state index in [0.717, 1.165) is 12.1 Å². The Bertz CT molecular complexity index is 404. The van der Waals surface area contributed by atoms with Gasteiger partial charge in [-0.1, -0.05) is 0 Å². The molecule has 16 heavy (non-hydrogen) atoms. The Morgan fingerprint density at radius 1 is 1.44 bits per heavy atom. The van der Waals surface area contributed by atoms with Crippen LogP contribution in [0.25, 0.3) is 0 Å². The van der Waals surface area contributed by atoms with E-state index in [0.29, 0.717) is 0 Å². The van der Waals surface area contributed by atoms with E-state index >= 15 is 0 Å². The molecule has 0 aliphatic carbocycles. The number of primary amides is 1. The molecule has 1 amide bonds. The second-order valence-corrected chi connectivity index (χ2v) is 2.63. The second-order valence-electron chi connectivity index (χ2n) is 2.63. The molecule has 0 spiro atoms. The molecule has 0 aliphatic rings. The Labute approximate surface area is 87.6 Å². The molecule has 1 aromatic rings. The number of aromatic carboxylic acids is 1. The number of hydrogen-bond donors (Lipinski definition) is 2. The summed E-state index contributed by atoms with van der Waals surface area (Å²) in [6, 6.07) is 1.63. The molecule has 0 fully saturated rings. The molecule has 1 aromatic heterocycles. The summed E-state index contributed by atoms with van der Waals surface area (Å²) in [5.74, 6) is -3.13. The van der Waals surface area contributed by atoms with Gasteiger partial charge in [0.25, 0.3) is 5.91 Å². The number of hydrogen-bond acceptors (Lipinski definition) is 4. The van der Waals surface area contributed by atoms with E-state index in [4.69, 9.17) is 10.8 Å². The minimum Gasteiger partial charge on any atom is -0.478 e. The van der Waals surface area contributed by atoms with Crippen molar-refractivity contribution in [1.29, 1.82) is 0 Å². The minimum atomic E-state index is -3.17. The summed E-state index contributed by atoms with van der Waals surface area (Å²) in [6.07, 6.45) is 0. The van der Waals surface area contributed by atoms with E-state index in [-0.39, 0.29) is 0 Å². The maximum Gasteiger partial charge on any atom is 0.388 e. The van der Waals surface area contributed by atoms with Gasteiger partial charge in [0.1, 0.15) is 5.69 Å². The van der Waals surface area contributed by atoms with Crippen LogP contribution in [0.15, 0.2) is 12.1 Å². The van der Waals surface area contributed by atoms with Gasteiger partial charge in [0.2, 0.25) is 5.88 Å². The fraction of sp³-hybridized carbons (Fsp3) is 0.125. The number of ether oxygens (including phenoxy) is 1. The molecule has 3 N–H and O–H groups in total. The van der Waals surface area contributed by atoms with Gasteiger partial charge in [-0.25, -0.2) is 9.78 Å². The SMILES string of the molecule is NC(=O)c1cc(C(=O)O)cc(OC(F)F)n1. The molecule has 8 heteroatoms. The molecule has 86 valence electrons. The molecule has 0 saturated carbocycles. The van der Waals surface area contributed by atoms with E-state index in [1.165, 1.54) is 0 Å². The van der Waals surface area contributed by atoms with Crippen molar-refractivity contribution in [3.05, 3.63) is 23.4 Å². The first-order valence-electron chi connectivity index (χ1n) is 3.90. The lowest BCUT2D eigenvalue weighted by Crippen LogP contribution is -2.16. The second kappa shape index (κ2) is 4.51. The van der Waals surface area contributed by atoms with Gasteiger partial charge in [-0.15, -0.1) is 0 Å². The van der Waals surface area contributed by atoms with Crippen LogP contribution in [-0.4, -0.2) is 28.6 Å². The van der Waals surface area contributed by atoms with Crippen LogP contribution in [0.3, 0.4) is 0 Å². The standard InChI is InChI=1S/C8H6F2N2O4/c9-8(10)16-5-2-3(7(14)15)1-4(12-5)6(11)13/h1-2,8H,(H2,11,13)(H,14,15). The number of carboxylic acids is 1. The lowest BCUT2D eigenvalue weighted by atomic mass is 10.2. The molecular weight excluding hydrogens is 226 g/mol. The van der Waals surface area contributed by atoms with E-state index in [9.17, 15) is 18.4 Å². The van der Waals surface area contributed by atoms with Crippen molar-refractivity contribution in [2.45, 2.75) is 6.61 Å². The Morgan fingerprint density at radius 3 is 2.50 bits per heavy atom. The van der Waals surface area contributed by atoms with Gasteiger partial charge >= 0.3 is 12.6 Å². The van der Waals surface area contributed by atoms with E-state index < -0.39 is 35.6 Å². The van der Waals surface area contributed by atoms with Crippen molar-refractivity contribution < 1.29 is 28.2 Å². The molecule has 0 aromatic carbocycles. The number of carbonyl (C=O) groups excluding carboxylic acids is 1. The van der Waals surface area contributed by atoms with Gasteiger partial charge < -0.3 is 15.6 Å². The zero-order valence-electron chi connectivity index (χ0n) is 7.68. The van der Waals surface area contributed by atoms with Crippen molar-refractivity contribution in [3.63, 3.8) is 0 Å². The van der Waals surface area contributed by atoms with E-state index in [1.54, 1.807) is 0 Å². The van der Waals surface area contributed by atoms with Gasteiger partial charge in [0.05, 0.1) is 5.56 Å². The predicted octanol–water partition coefficient (Wildman–Crippen LogP) is 0.480. The highest BCUT2D eigenvalue weighted by atomic mass is 19.3. The van der Waals surface area contributed by atoms with Crippen molar-refractivity contribution in [2.24, 2.45) is 5.73 Å². The first-order chi connectivity index (χ1) is 7.40. The number of carbonyl (C=O) groups is 2. The van der Waals surface area contributed by atoms with Crippen LogP contribution < -0.4 is 10.5 Å². The molecule has 6 nitrogen and oxygen atoms in total. The van der Waals surface area contributed by atoms with Gasteiger partial charge in [-0.05, 0) is 6.07 Å². The fourth-order valence-corrected chi connectivity index (χ4v) is 0.907. The average Bonchev–Trinajstić information content (AvgIpc) is 2.15. The van der Waals surface area contributed by atoms with Crippen molar-refractivity contribution in [2.75, 3.05) is 0 Å². The zero-order valence-corrected chi connectivity index (χ0v) is 7.68. The number of amides is 1. The summed E-state index contributed by atoms with van der Waals surface area (Å²) in [4.78, 5) is 24.6. The Morgan fingerprint density at radius 2 is 2.06 bits per heavy atom. The van der Waals surface area contributed by atoms with Crippen molar-refractivity contribution in [3.8, 4) is 5.88 Å². The van der Waals surface area contributed by atoms with Crippen LogP contribution in [0.1, 0.15) is 20.8 Å². The number of pyridine rings is 1. The third kappa shape index (κ3) is 2.87. The highest BCUT2D eigenvalue weighted by Crippen LogP contribution is 2.15. The quantitative estimate of drug-likeness (QED) is 0.785. The minimum absolute atomic E-state index is 0.417. The van der Waals surface area contributed by atoms with Crippen LogP contribution >= 0.6 is 0 Å².